The molecule has 0 aromatic carbocycles. The lowest BCUT2D eigenvalue weighted by atomic mass is 10.1. The monoisotopic (exact) mass is 275 g/mol. The van der Waals surface area contributed by atoms with E-state index in [4.69, 9.17) is 0 Å². The lowest BCUT2D eigenvalue weighted by molar-refractivity contribution is 0.150. The predicted molar refractivity (Wildman–Crippen MR) is 69.2 cm³/mol. The van der Waals surface area contributed by atoms with Crippen LogP contribution in [0.25, 0.3) is 0 Å². The van der Waals surface area contributed by atoms with Crippen LogP contribution < -0.4 is 10.6 Å². The molecule has 2 saturated heterocycles. The van der Waals surface area contributed by atoms with E-state index in [0.29, 0.717) is 25.6 Å². The molecule has 2 rings (SSSR count). The third-order valence-corrected chi connectivity index (χ3v) is 5.12. The number of rotatable bonds is 2. The van der Waals surface area contributed by atoms with E-state index in [2.05, 4.69) is 10.6 Å². The minimum atomic E-state index is -3.01. The molecule has 2 amide bonds. The van der Waals surface area contributed by atoms with Crippen molar-refractivity contribution in [1.29, 1.82) is 0 Å². The third-order valence-electron chi connectivity index (χ3n) is 3.40. The first-order valence-corrected chi connectivity index (χ1v) is 8.19. The van der Waals surface area contributed by atoms with E-state index in [1.165, 1.54) is 0 Å². The van der Waals surface area contributed by atoms with Crippen LogP contribution >= 0.6 is 0 Å². The van der Waals surface area contributed by atoms with Gasteiger partial charge in [0.2, 0.25) is 0 Å². The second-order valence-corrected chi connectivity index (χ2v) is 7.63. The molecule has 0 unspecified atom stereocenters. The Morgan fingerprint density at radius 3 is 2.83 bits per heavy atom. The highest BCUT2D eigenvalue weighted by molar-refractivity contribution is 7.91. The summed E-state index contributed by atoms with van der Waals surface area (Å²) in [6, 6.07) is -0.457. The first kappa shape index (κ1) is 13.6. The number of nitrogens with zero attached hydrogens (tertiary/aromatic N) is 1. The summed E-state index contributed by atoms with van der Waals surface area (Å²) in [5.74, 6) is 0.616. The van der Waals surface area contributed by atoms with E-state index < -0.39 is 9.84 Å². The lowest BCUT2D eigenvalue weighted by Crippen LogP contribution is -2.61. The van der Waals surface area contributed by atoms with E-state index in [9.17, 15) is 13.2 Å². The van der Waals surface area contributed by atoms with Crippen molar-refractivity contribution in [3.05, 3.63) is 0 Å². The fourth-order valence-corrected chi connectivity index (χ4v) is 4.47. The van der Waals surface area contributed by atoms with Crippen LogP contribution in [0.3, 0.4) is 0 Å². The number of amides is 2. The fourth-order valence-electron chi connectivity index (χ4n) is 2.51. The van der Waals surface area contributed by atoms with Gasteiger partial charge >= 0.3 is 6.03 Å². The summed E-state index contributed by atoms with van der Waals surface area (Å²) in [6.07, 6.45) is 0. The van der Waals surface area contributed by atoms with Gasteiger partial charge in [-0.3, -0.25) is 0 Å². The van der Waals surface area contributed by atoms with Crippen LogP contribution in [0.2, 0.25) is 0 Å². The Balaban J connectivity index is 2.02. The average Bonchev–Trinajstić information content (AvgIpc) is 2.59. The topological polar surface area (TPSA) is 78.5 Å². The van der Waals surface area contributed by atoms with E-state index >= 15 is 0 Å². The maximum Gasteiger partial charge on any atom is 0.317 e. The van der Waals surface area contributed by atoms with Crippen molar-refractivity contribution in [2.45, 2.75) is 25.9 Å². The normalized spacial score (nSPS) is 30.3. The number of nitrogens with one attached hydrogen (secondary N) is 2. The van der Waals surface area contributed by atoms with Crippen molar-refractivity contribution < 1.29 is 13.2 Å². The SMILES string of the molecule is CC(C)CNC(=O)N1CCN[C@H]2CS(=O)(=O)C[C@H]21. The molecule has 7 heteroatoms. The van der Waals surface area contributed by atoms with Gasteiger partial charge in [-0.2, -0.15) is 0 Å². The van der Waals surface area contributed by atoms with Crippen LogP contribution in [0.4, 0.5) is 4.79 Å². The third kappa shape index (κ3) is 2.95. The number of sulfone groups is 1. The number of carbonyl (C=O) groups is 1. The van der Waals surface area contributed by atoms with Crippen LogP contribution in [0.1, 0.15) is 13.8 Å². The van der Waals surface area contributed by atoms with Crippen LogP contribution in [-0.2, 0) is 9.84 Å². The number of fused-ring (bicyclic) bond motifs is 1. The molecular weight excluding hydrogens is 254 g/mol. The van der Waals surface area contributed by atoms with E-state index in [1.807, 2.05) is 13.8 Å². The Hall–Kier alpha value is -0.820. The van der Waals surface area contributed by atoms with Gasteiger partial charge in [0.05, 0.1) is 17.5 Å². The first-order valence-electron chi connectivity index (χ1n) is 6.37. The van der Waals surface area contributed by atoms with Gasteiger partial charge < -0.3 is 15.5 Å². The molecule has 6 nitrogen and oxygen atoms in total. The molecule has 2 atom stereocenters. The molecule has 18 heavy (non-hydrogen) atoms. The summed E-state index contributed by atoms with van der Waals surface area (Å²) in [6.45, 7) is 5.90. The van der Waals surface area contributed by atoms with Crippen LogP contribution in [0.5, 0.6) is 0 Å². The fraction of sp³-hybridized carbons (Fsp3) is 0.909. The molecule has 2 aliphatic rings. The minimum absolute atomic E-state index is 0.0831. The summed E-state index contributed by atoms with van der Waals surface area (Å²) < 4.78 is 23.3. The number of hydrogen-bond acceptors (Lipinski definition) is 4. The molecule has 0 bridgehead atoms. The maximum atomic E-state index is 12.0. The second kappa shape index (κ2) is 5.05. The molecular formula is C11H21N3O3S. The molecule has 2 heterocycles. The molecule has 0 saturated carbocycles. The molecule has 0 spiro atoms. The van der Waals surface area contributed by atoms with E-state index in [0.717, 1.165) is 0 Å². The zero-order valence-corrected chi connectivity index (χ0v) is 11.7. The lowest BCUT2D eigenvalue weighted by Gasteiger charge is -2.37. The van der Waals surface area contributed by atoms with Crippen LogP contribution in [0, 0.1) is 5.92 Å². The van der Waals surface area contributed by atoms with Gasteiger partial charge in [-0.05, 0) is 5.92 Å². The largest absolute Gasteiger partial charge is 0.338 e. The number of hydrogen-bond donors (Lipinski definition) is 2. The molecule has 0 aliphatic carbocycles. The maximum absolute atomic E-state index is 12.0. The first-order chi connectivity index (χ1) is 8.39. The van der Waals surface area contributed by atoms with Gasteiger partial charge in [0.15, 0.2) is 9.84 Å². The zero-order valence-electron chi connectivity index (χ0n) is 10.8. The summed E-state index contributed by atoms with van der Waals surface area (Å²) >= 11 is 0. The smallest absolute Gasteiger partial charge is 0.317 e. The summed E-state index contributed by atoms with van der Waals surface area (Å²) in [7, 11) is -3.01. The number of urea groups is 1. The van der Waals surface area contributed by atoms with Crippen LogP contribution in [-0.4, -0.2) is 62.6 Å². The van der Waals surface area contributed by atoms with Gasteiger partial charge in [0, 0.05) is 25.7 Å². The molecule has 0 aromatic rings. The van der Waals surface area contributed by atoms with E-state index in [-0.39, 0.29) is 29.6 Å². The zero-order chi connectivity index (χ0) is 13.3. The summed E-state index contributed by atoms with van der Waals surface area (Å²) in [4.78, 5) is 13.7. The highest BCUT2D eigenvalue weighted by Gasteiger charge is 2.44. The second-order valence-electron chi connectivity index (χ2n) is 5.48. The van der Waals surface area contributed by atoms with Gasteiger partial charge in [-0.25, -0.2) is 13.2 Å². The molecule has 2 fully saturated rings. The standard InChI is InChI=1S/C11H21N3O3S/c1-8(2)5-13-11(15)14-4-3-12-9-6-18(16,17)7-10(9)14/h8-10,12H,3-7H2,1-2H3,(H,13,15)/t9-,10+/m0/s1. The molecule has 104 valence electrons. The van der Waals surface area contributed by atoms with Crippen molar-refractivity contribution in [2.24, 2.45) is 5.92 Å². The molecule has 2 N–H and O–H groups in total. The van der Waals surface area contributed by atoms with Crippen molar-refractivity contribution in [3.63, 3.8) is 0 Å². The highest BCUT2D eigenvalue weighted by atomic mass is 32.2. The summed E-state index contributed by atoms with van der Waals surface area (Å²) in [5, 5.41) is 6.04. The Kier molecular flexibility index (Phi) is 3.82. The summed E-state index contributed by atoms with van der Waals surface area (Å²) in [5.41, 5.74) is 0. The van der Waals surface area contributed by atoms with Gasteiger partial charge in [0.1, 0.15) is 0 Å². The van der Waals surface area contributed by atoms with Crippen molar-refractivity contribution in [1.82, 2.24) is 15.5 Å². The Morgan fingerprint density at radius 1 is 1.44 bits per heavy atom. The van der Waals surface area contributed by atoms with Gasteiger partial charge in [-0.15, -0.1) is 0 Å². The number of piperazine rings is 1. The van der Waals surface area contributed by atoms with E-state index in [1.54, 1.807) is 4.90 Å². The molecule has 2 aliphatic heterocycles. The van der Waals surface area contributed by atoms with Crippen molar-refractivity contribution in [2.75, 3.05) is 31.1 Å². The molecule has 0 aromatic heterocycles. The van der Waals surface area contributed by atoms with Crippen molar-refractivity contribution in [3.8, 4) is 0 Å². The van der Waals surface area contributed by atoms with Gasteiger partial charge in [0.25, 0.3) is 0 Å². The average molecular weight is 275 g/mol. The minimum Gasteiger partial charge on any atom is -0.338 e. The predicted octanol–water partition coefficient (Wildman–Crippen LogP) is -0.577. The highest BCUT2D eigenvalue weighted by Crippen LogP contribution is 2.21. The Labute approximate surface area is 108 Å². The quantitative estimate of drug-likeness (QED) is 0.707. The Morgan fingerprint density at radius 2 is 2.17 bits per heavy atom. The van der Waals surface area contributed by atoms with Crippen molar-refractivity contribution >= 4 is 15.9 Å². The van der Waals surface area contributed by atoms with Crippen LogP contribution in [0.15, 0.2) is 0 Å². The molecule has 0 radical (unpaired) electrons. The number of carbonyl (C=O) groups excluding carboxylic acids is 1. The van der Waals surface area contributed by atoms with Gasteiger partial charge in [-0.1, -0.05) is 13.8 Å². The Bertz CT molecular complexity index is 421.